The van der Waals surface area contributed by atoms with Crippen molar-refractivity contribution in [2.45, 2.75) is 77.5 Å². The van der Waals surface area contributed by atoms with Gasteiger partial charge in [-0.05, 0) is 83.7 Å². The summed E-state index contributed by atoms with van der Waals surface area (Å²) < 4.78 is 9.54. The minimum Gasteiger partial charge on any atom is -0.453 e. The van der Waals surface area contributed by atoms with Gasteiger partial charge in [0, 0.05) is 18.7 Å². The molecule has 0 spiro atoms. The summed E-state index contributed by atoms with van der Waals surface area (Å²) in [4.78, 5) is 71.4. The first-order chi connectivity index (χ1) is 26.9. The van der Waals surface area contributed by atoms with Gasteiger partial charge in [-0.25, -0.2) is 19.6 Å². The number of nitrogens with zero attached hydrogens (tertiary/aromatic N) is 4. The molecular formula is C42H52Cl2N8O6. The summed E-state index contributed by atoms with van der Waals surface area (Å²) in [5.41, 5.74) is 5.65. The molecule has 0 bridgehead atoms. The van der Waals surface area contributed by atoms with Gasteiger partial charge in [-0.15, -0.1) is 24.8 Å². The Hall–Kier alpha value is -5.34. The van der Waals surface area contributed by atoms with Gasteiger partial charge in [0.05, 0.1) is 49.2 Å². The molecule has 14 nitrogen and oxygen atoms in total. The van der Waals surface area contributed by atoms with Crippen molar-refractivity contribution in [2.75, 3.05) is 27.3 Å². The van der Waals surface area contributed by atoms with Crippen molar-refractivity contribution in [3.8, 4) is 22.4 Å². The molecule has 4 atom stereocenters. The van der Waals surface area contributed by atoms with Crippen molar-refractivity contribution in [1.82, 2.24) is 40.4 Å². The van der Waals surface area contributed by atoms with Gasteiger partial charge in [0.2, 0.25) is 11.8 Å². The largest absolute Gasteiger partial charge is 0.453 e. The lowest BCUT2D eigenvalue weighted by Crippen LogP contribution is -2.51. The average Bonchev–Trinajstić information content (AvgIpc) is 4.03. The Bertz CT molecular complexity index is 2270. The molecule has 4 N–H and O–H groups in total. The third kappa shape index (κ3) is 8.87. The molecule has 0 saturated carbocycles. The van der Waals surface area contributed by atoms with Crippen molar-refractivity contribution in [2.24, 2.45) is 11.8 Å². The van der Waals surface area contributed by atoms with E-state index in [2.05, 4.69) is 69.1 Å². The second-order valence-corrected chi connectivity index (χ2v) is 15.4. The maximum atomic E-state index is 13.6. The Balaban J connectivity index is 0.00000320. The Morgan fingerprint density at radius 1 is 0.690 bits per heavy atom. The fourth-order valence-electron chi connectivity index (χ4n) is 8.00. The lowest BCUT2D eigenvalue weighted by atomic mass is 9.99. The van der Waals surface area contributed by atoms with E-state index in [-0.39, 0.29) is 60.5 Å². The number of likely N-dealkylation sites (tertiary alicyclic amines) is 2. The summed E-state index contributed by atoms with van der Waals surface area (Å²) in [7, 11) is 2.58. The van der Waals surface area contributed by atoms with Crippen molar-refractivity contribution >= 4 is 70.6 Å². The van der Waals surface area contributed by atoms with Gasteiger partial charge in [-0.1, -0.05) is 58.0 Å². The van der Waals surface area contributed by atoms with E-state index in [4.69, 9.17) is 19.4 Å². The van der Waals surface area contributed by atoms with E-state index in [1.807, 2.05) is 49.8 Å². The first-order valence-corrected chi connectivity index (χ1v) is 19.3. The van der Waals surface area contributed by atoms with Crippen LogP contribution in [0.15, 0.2) is 60.8 Å². The quantitative estimate of drug-likeness (QED) is 0.111. The van der Waals surface area contributed by atoms with Crippen molar-refractivity contribution in [3.05, 3.63) is 72.4 Å². The van der Waals surface area contributed by atoms with Crippen LogP contribution in [-0.4, -0.2) is 93.1 Å². The number of imidazole rings is 2. The van der Waals surface area contributed by atoms with Gasteiger partial charge in [0.1, 0.15) is 23.7 Å². The Kier molecular flexibility index (Phi) is 14.0. The van der Waals surface area contributed by atoms with E-state index >= 15 is 0 Å². The summed E-state index contributed by atoms with van der Waals surface area (Å²) in [5.74, 6) is 0.963. The monoisotopic (exact) mass is 834 g/mol. The summed E-state index contributed by atoms with van der Waals surface area (Å²) in [6.07, 6.45) is 3.82. The van der Waals surface area contributed by atoms with Crippen LogP contribution in [0.3, 0.4) is 0 Å². The van der Waals surface area contributed by atoms with Crippen LogP contribution >= 0.6 is 24.8 Å². The number of halogens is 2. The highest BCUT2D eigenvalue weighted by molar-refractivity contribution is 5.92. The molecule has 2 aliphatic rings. The lowest BCUT2D eigenvalue weighted by Gasteiger charge is -2.30. The molecule has 2 fully saturated rings. The van der Waals surface area contributed by atoms with Crippen molar-refractivity contribution < 1.29 is 28.7 Å². The number of aromatic nitrogens is 4. The number of hydrogen-bond acceptors (Lipinski definition) is 8. The number of methoxy groups -OCH3 is 2. The number of carbonyl (C=O) groups is 4. The predicted molar refractivity (Wildman–Crippen MR) is 227 cm³/mol. The van der Waals surface area contributed by atoms with Gasteiger partial charge < -0.3 is 39.9 Å². The standard InChI is InChI=1S/C42H50N8O6.2ClH/c1-23(2)35(47-41(53)55-5)39(51)49-17-7-9-33(49)37-43-22-32(46-37)29-14-13-25-19-26(11-12-27(25)20-29)28-15-16-30-31(21-28)45-38(44-30)34-10-8-18-50(34)40(52)36(24(3)4)48-42(54)56-6;;/h11-16,19-24,33-36H,7-10,17-18H2,1-6H3,(H,43,46)(H,44,45)(H,47,53)(H,48,54);2*1H/t33-,34-,35-,36-;;/m0../s1. The van der Waals surface area contributed by atoms with E-state index in [0.717, 1.165) is 81.5 Å². The van der Waals surface area contributed by atoms with Gasteiger partial charge in [0.15, 0.2) is 0 Å². The number of H-pyrrole nitrogens is 2. The van der Waals surface area contributed by atoms with Crippen LogP contribution in [0, 0.1) is 11.8 Å². The van der Waals surface area contributed by atoms with Crippen LogP contribution in [0.5, 0.6) is 0 Å². The van der Waals surface area contributed by atoms with E-state index < -0.39 is 24.3 Å². The molecule has 2 saturated heterocycles. The SMILES string of the molecule is COC(=O)N[C@H](C(=O)N1CCC[C@H]1c1ncc(-c2ccc3cc(-c4ccc5nc([C@@H]6CCCN6C(=O)[C@@H](NC(=O)OC)C(C)C)[nH]c5c4)ccc3c2)[nH]1)C(C)C.Cl.Cl. The van der Waals surface area contributed by atoms with Gasteiger partial charge in [-0.3, -0.25) is 9.59 Å². The molecule has 3 aromatic carbocycles. The molecule has 0 aliphatic carbocycles. The van der Waals surface area contributed by atoms with Crippen LogP contribution in [0.2, 0.25) is 0 Å². The summed E-state index contributed by atoms with van der Waals surface area (Å²) >= 11 is 0. The molecule has 310 valence electrons. The molecular weight excluding hydrogens is 783 g/mol. The Morgan fingerprint density at radius 2 is 1.19 bits per heavy atom. The molecule has 5 aromatic rings. The zero-order valence-corrected chi connectivity index (χ0v) is 35.2. The Morgan fingerprint density at radius 3 is 1.74 bits per heavy atom. The molecule has 7 rings (SSSR count). The third-order valence-electron chi connectivity index (χ3n) is 11.1. The first-order valence-electron chi connectivity index (χ1n) is 19.3. The van der Waals surface area contributed by atoms with Crippen LogP contribution in [-0.2, 0) is 19.1 Å². The lowest BCUT2D eigenvalue weighted by molar-refractivity contribution is -0.136. The number of rotatable bonds is 10. The number of carbonyl (C=O) groups excluding carboxylic acids is 4. The molecule has 4 heterocycles. The summed E-state index contributed by atoms with van der Waals surface area (Å²) in [6.45, 7) is 8.80. The number of hydrogen-bond donors (Lipinski definition) is 4. The van der Waals surface area contributed by atoms with Gasteiger partial charge >= 0.3 is 12.2 Å². The number of benzene rings is 3. The molecule has 0 unspecified atom stereocenters. The van der Waals surface area contributed by atoms with Crippen LogP contribution in [0.25, 0.3) is 44.2 Å². The van der Waals surface area contributed by atoms with Gasteiger partial charge in [-0.2, -0.15) is 0 Å². The zero-order chi connectivity index (χ0) is 39.7. The van der Waals surface area contributed by atoms with Crippen LogP contribution in [0.4, 0.5) is 9.59 Å². The minimum absolute atomic E-state index is 0. The molecule has 4 amide bonds. The molecule has 2 aromatic heterocycles. The van der Waals surface area contributed by atoms with Crippen molar-refractivity contribution in [3.63, 3.8) is 0 Å². The van der Waals surface area contributed by atoms with Crippen LogP contribution < -0.4 is 10.6 Å². The molecule has 16 heteroatoms. The summed E-state index contributed by atoms with van der Waals surface area (Å²) in [6, 6.07) is 17.0. The average molecular weight is 836 g/mol. The number of alkyl carbamates (subject to hydrolysis) is 2. The highest BCUT2D eigenvalue weighted by Gasteiger charge is 2.39. The smallest absolute Gasteiger partial charge is 0.407 e. The maximum absolute atomic E-state index is 13.6. The van der Waals surface area contributed by atoms with Crippen LogP contribution in [0.1, 0.15) is 77.1 Å². The topological polar surface area (TPSA) is 175 Å². The number of amides is 4. The number of fused-ring (bicyclic) bond motifs is 2. The van der Waals surface area contributed by atoms with E-state index in [1.54, 1.807) is 0 Å². The summed E-state index contributed by atoms with van der Waals surface area (Å²) in [5, 5.41) is 7.57. The minimum atomic E-state index is -0.693. The molecule has 2 aliphatic heterocycles. The Labute approximate surface area is 350 Å². The highest BCUT2D eigenvalue weighted by Crippen LogP contribution is 2.36. The van der Waals surface area contributed by atoms with Crippen molar-refractivity contribution in [1.29, 1.82) is 0 Å². The van der Waals surface area contributed by atoms with Gasteiger partial charge in [0.25, 0.3) is 0 Å². The second-order valence-electron chi connectivity index (χ2n) is 15.4. The fraction of sp³-hybridized carbons (Fsp3) is 0.429. The van der Waals surface area contributed by atoms with E-state index in [9.17, 15) is 19.2 Å². The number of ether oxygens (including phenoxy) is 2. The number of aromatic amines is 2. The fourth-order valence-corrected chi connectivity index (χ4v) is 8.00. The third-order valence-corrected chi connectivity index (χ3v) is 11.1. The molecule has 58 heavy (non-hydrogen) atoms. The highest BCUT2D eigenvalue weighted by atomic mass is 35.5. The predicted octanol–water partition coefficient (Wildman–Crippen LogP) is 7.71. The second kappa shape index (κ2) is 18.5. The first kappa shape index (κ1) is 43.8. The molecule has 0 radical (unpaired) electrons. The van der Waals surface area contributed by atoms with E-state index in [1.165, 1.54) is 14.2 Å². The normalized spacial score (nSPS) is 17.5. The zero-order valence-electron chi connectivity index (χ0n) is 33.5. The van der Waals surface area contributed by atoms with E-state index in [0.29, 0.717) is 13.1 Å². The maximum Gasteiger partial charge on any atom is 0.407 e. The number of nitrogens with one attached hydrogen (secondary N) is 4.